The molecule has 4 aromatic rings. The lowest BCUT2D eigenvalue weighted by Crippen LogP contribution is -2.30. The Kier molecular flexibility index (Phi) is 4.33. The van der Waals surface area contributed by atoms with Gasteiger partial charge < -0.3 is 9.26 Å². The summed E-state index contributed by atoms with van der Waals surface area (Å²) in [6.07, 6.45) is 3.33. The molecule has 0 N–H and O–H groups in total. The van der Waals surface area contributed by atoms with Crippen LogP contribution in [0.25, 0.3) is 21.3 Å². The summed E-state index contributed by atoms with van der Waals surface area (Å²) >= 11 is 8.20. The highest BCUT2D eigenvalue weighted by molar-refractivity contribution is 7.17. The summed E-state index contributed by atoms with van der Waals surface area (Å²) in [5.74, 6) is 1.75. The molecule has 5 nitrogen and oxygen atoms in total. The van der Waals surface area contributed by atoms with Gasteiger partial charge in [-0.15, -0.1) is 11.3 Å². The maximum atomic E-state index is 6.53. The van der Waals surface area contributed by atoms with Crippen molar-refractivity contribution in [3.63, 3.8) is 0 Å². The molecule has 6 rings (SSSR count). The van der Waals surface area contributed by atoms with Crippen LogP contribution in [0.5, 0.6) is 5.75 Å². The molecule has 1 atom stereocenters. The summed E-state index contributed by atoms with van der Waals surface area (Å²) in [6.45, 7) is 5.11. The molecule has 0 bridgehead atoms. The van der Waals surface area contributed by atoms with E-state index in [1.54, 1.807) is 11.3 Å². The molecule has 2 aliphatic rings. The summed E-state index contributed by atoms with van der Waals surface area (Å²) in [5, 5.41) is 7.13. The number of rotatable bonds is 3. The fourth-order valence-electron chi connectivity index (χ4n) is 4.57. The minimum Gasteiger partial charge on any atom is -0.481 e. The molecule has 7 heteroatoms. The number of pyridine rings is 1. The number of aromatic nitrogens is 2. The molecule has 1 aromatic carbocycles. The van der Waals surface area contributed by atoms with Crippen molar-refractivity contribution in [2.75, 3.05) is 13.1 Å². The van der Waals surface area contributed by atoms with Crippen molar-refractivity contribution in [2.45, 2.75) is 32.4 Å². The second-order valence-corrected chi connectivity index (χ2v) is 9.19. The largest absolute Gasteiger partial charge is 0.481 e. The summed E-state index contributed by atoms with van der Waals surface area (Å²) in [7, 11) is 0. The Morgan fingerprint density at radius 2 is 2.20 bits per heavy atom. The van der Waals surface area contributed by atoms with E-state index in [2.05, 4.69) is 27.3 Å². The molecular formula is C23H20ClN3O2S. The van der Waals surface area contributed by atoms with Crippen molar-refractivity contribution in [3.05, 3.63) is 63.4 Å². The summed E-state index contributed by atoms with van der Waals surface area (Å²) in [5.41, 5.74) is 6.48. The molecular weight excluding hydrogens is 418 g/mol. The first kappa shape index (κ1) is 18.4. The molecule has 0 radical (unpaired) electrons. The Bertz CT molecular complexity index is 1260. The molecule has 152 valence electrons. The molecule has 3 aromatic heterocycles. The van der Waals surface area contributed by atoms with Crippen LogP contribution in [0.15, 0.2) is 40.4 Å². The SMILES string of the molecule is CCN1CCc2noc([C@H]3Cc4cc(Cl)cc(-c5ccnc6ccsc56)c4O3)c2C1. The van der Waals surface area contributed by atoms with E-state index in [0.29, 0.717) is 5.02 Å². The van der Waals surface area contributed by atoms with E-state index in [1.165, 1.54) is 5.56 Å². The molecule has 0 aliphatic carbocycles. The third-order valence-electron chi connectivity index (χ3n) is 6.12. The van der Waals surface area contributed by atoms with Gasteiger partial charge in [-0.2, -0.15) is 0 Å². The van der Waals surface area contributed by atoms with Crippen LogP contribution >= 0.6 is 22.9 Å². The lowest BCUT2D eigenvalue weighted by Gasteiger charge is -2.25. The molecule has 0 amide bonds. The lowest BCUT2D eigenvalue weighted by molar-refractivity contribution is 0.186. The van der Waals surface area contributed by atoms with E-state index < -0.39 is 0 Å². The fraction of sp³-hybridized carbons (Fsp3) is 0.304. The zero-order chi connectivity index (χ0) is 20.2. The van der Waals surface area contributed by atoms with Crippen LogP contribution in [-0.4, -0.2) is 28.1 Å². The summed E-state index contributed by atoms with van der Waals surface area (Å²) < 4.78 is 13.5. The maximum absolute atomic E-state index is 6.53. The second-order valence-electron chi connectivity index (χ2n) is 7.84. The Morgan fingerprint density at radius 3 is 3.10 bits per heavy atom. The summed E-state index contributed by atoms with van der Waals surface area (Å²) in [4.78, 5) is 6.89. The third kappa shape index (κ3) is 2.86. The van der Waals surface area contributed by atoms with Crippen LogP contribution in [0.2, 0.25) is 5.02 Å². The van der Waals surface area contributed by atoms with E-state index in [1.807, 2.05) is 30.5 Å². The molecule has 30 heavy (non-hydrogen) atoms. The minimum atomic E-state index is -0.175. The van der Waals surface area contributed by atoms with E-state index in [0.717, 1.165) is 76.6 Å². The number of nitrogens with zero attached hydrogens (tertiary/aromatic N) is 3. The Hall–Kier alpha value is -2.41. The van der Waals surface area contributed by atoms with Gasteiger partial charge in [-0.05, 0) is 36.2 Å². The number of likely N-dealkylation sites (N-methyl/N-ethyl adjacent to an activating group) is 1. The topological polar surface area (TPSA) is 51.4 Å². The third-order valence-corrected chi connectivity index (χ3v) is 7.27. The van der Waals surface area contributed by atoms with Crippen molar-refractivity contribution >= 4 is 33.2 Å². The van der Waals surface area contributed by atoms with Gasteiger partial charge in [0.05, 0.1) is 15.9 Å². The number of halogens is 1. The van der Waals surface area contributed by atoms with Gasteiger partial charge in [-0.1, -0.05) is 23.7 Å². The van der Waals surface area contributed by atoms with Gasteiger partial charge in [0.25, 0.3) is 0 Å². The Labute approximate surface area is 183 Å². The average molecular weight is 438 g/mol. The monoisotopic (exact) mass is 437 g/mol. The predicted octanol–water partition coefficient (Wildman–Crippen LogP) is 5.66. The molecule has 0 fully saturated rings. The van der Waals surface area contributed by atoms with Crippen LogP contribution in [0.3, 0.4) is 0 Å². The quantitative estimate of drug-likeness (QED) is 0.414. The first-order valence-electron chi connectivity index (χ1n) is 10.2. The lowest BCUT2D eigenvalue weighted by atomic mass is 9.98. The van der Waals surface area contributed by atoms with Crippen molar-refractivity contribution in [3.8, 4) is 16.9 Å². The smallest absolute Gasteiger partial charge is 0.182 e. The Morgan fingerprint density at radius 1 is 1.27 bits per heavy atom. The molecule has 5 heterocycles. The van der Waals surface area contributed by atoms with Crippen LogP contribution in [0.4, 0.5) is 0 Å². The van der Waals surface area contributed by atoms with Gasteiger partial charge in [0.2, 0.25) is 0 Å². The number of hydrogen-bond acceptors (Lipinski definition) is 6. The number of benzene rings is 1. The van der Waals surface area contributed by atoms with Crippen molar-refractivity contribution in [1.29, 1.82) is 0 Å². The van der Waals surface area contributed by atoms with E-state index >= 15 is 0 Å². The highest BCUT2D eigenvalue weighted by atomic mass is 35.5. The zero-order valence-electron chi connectivity index (χ0n) is 16.5. The zero-order valence-corrected chi connectivity index (χ0v) is 18.1. The molecule has 0 saturated heterocycles. The average Bonchev–Trinajstić information content (AvgIpc) is 3.49. The minimum absolute atomic E-state index is 0.175. The van der Waals surface area contributed by atoms with Crippen LogP contribution in [0.1, 0.15) is 35.6 Å². The van der Waals surface area contributed by atoms with Crippen LogP contribution in [0, 0.1) is 0 Å². The fourth-order valence-corrected chi connectivity index (χ4v) is 5.69. The van der Waals surface area contributed by atoms with Crippen molar-refractivity contribution in [1.82, 2.24) is 15.0 Å². The van der Waals surface area contributed by atoms with E-state index in [9.17, 15) is 0 Å². The van der Waals surface area contributed by atoms with Gasteiger partial charge in [-0.3, -0.25) is 9.88 Å². The number of thiophene rings is 1. The van der Waals surface area contributed by atoms with E-state index in [4.69, 9.17) is 20.9 Å². The predicted molar refractivity (Wildman–Crippen MR) is 118 cm³/mol. The molecule has 0 saturated carbocycles. The van der Waals surface area contributed by atoms with Gasteiger partial charge >= 0.3 is 0 Å². The van der Waals surface area contributed by atoms with Gasteiger partial charge in [0.15, 0.2) is 11.9 Å². The van der Waals surface area contributed by atoms with Crippen molar-refractivity contribution in [2.24, 2.45) is 0 Å². The highest BCUT2D eigenvalue weighted by Crippen LogP contribution is 2.47. The maximum Gasteiger partial charge on any atom is 0.182 e. The first-order valence-corrected chi connectivity index (χ1v) is 11.5. The van der Waals surface area contributed by atoms with Crippen LogP contribution in [-0.2, 0) is 19.4 Å². The van der Waals surface area contributed by atoms with E-state index in [-0.39, 0.29) is 6.10 Å². The molecule has 0 spiro atoms. The van der Waals surface area contributed by atoms with Crippen molar-refractivity contribution < 1.29 is 9.26 Å². The second kappa shape index (κ2) is 7.08. The highest BCUT2D eigenvalue weighted by Gasteiger charge is 2.35. The summed E-state index contributed by atoms with van der Waals surface area (Å²) in [6, 6.07) is 8.08. The van der Waals surface area contributed by atoms with Crippen LogP contribution < -0.4 is 4.74 Å². The normalized spacial score (nSPS) is 18.4. The number of ether oxygens (including phenoxy) is 1. The standard InChI is InChI=1S/C23H20ClN3O2S/c1-2-27-7-4-18-17(12-27)22(29-26-18)20-10-13-9-14(24)11-16(21(13)28-20)15-3-6-25-19-5-8-30-23(15)19/h3,5-6,8-9,11,20H,2,4,7,10,12H2,1H3/t20-/m1/s1. The number of fused-ring (bicyclic) bond motifs is 3. The number of hydrogen-bond donors (Lipinski definition) is 0. The Balaban J connectivity index is 1.42. The van der Waals surface area contributed by atoms with Gasteiger partial charge in [-0.25, -0.2) is 0 Å². The van der Waals surface area contributed by atoms with Gasteiger partial charge in [0, 0.05) is 59.4 Å². The molecule has 2 aliphatic heterocycles. The van der Waals surface area contributed by atoms with Gasteiger partial charge in [0.1, 0.15) is 5.75 Å². The first-order chi connectivity index (χ1) is 14.7. The molecule has 0 unspecified atom stereocenters.